The van der Waals surface area contributed by atoms with Gasteiger partial charge >= 0.3 is 18.1 Å². The molecule has 1 rings (SSSR count). The molecule has 0 bridgehead atoms. The molecule has 132 valence electrons. The first-order valence-corrected chi connectivity index (χ1v) is 6.89. The second-order valence-corrected chi connectivity index (χ2v) is 5.04. The fourth-order valence-corrected chi connectivity index (χ4v) is 2.02. The molecule has 6 nitrogen and oxygen atoms in total. The van der Waals surface area contributed by atoms with E-state index in [2.05, 4.69) is 20.0 Å². The lowest BCUT2D eigenvalue weighted by molar-refractivity contribution is -0.140. The van der Waals surface area contributed by atoms with Gasteiger partial charge in [0.2, 0.25) is 0 Å². The van der Waals surface area contributed by atoms with Crippen LogP contribution < -0.4 is 5.43 Å². The summed E-state index contributed by atoms with van der Waals surface area (Å²) < 4.78 is 46.8. The minimum absolute atomic E-state index is 0.169. The minimum Gasteiger partial charge on any atom is -0.469 e. The van der Waals surface area contributed by atoms with E-state index in [1.54, 1.807) is 0 Å². The number of nitrogens with zero attached hydrogens (tertiary/aromatic N) is 1. The Morgan fingerprint density at radius 1 is 1.17 bits per heavy atom. The van der Waals surface area contributed by atoms with Gasteiger partial charge in [0.05, 0.1) is 41.9 Å². The number of esters is 2. The van der Waals surface area contributed by atoms with Gasteiger partial charge in [-0.3, -0.25) is 10.2 Å². The lowest BCUT2D eigenvalue weighted by Gasteiger charge is -2.12. The number of methoxy groups -OCH3 is 2. The van der Waals surface area contributed by atoms with Crippen LogP contribution in [0.25, 0.3) is 0 Å². The van der Waals surface area contributed by atoms with Gasteiger partial charge in [-0.05, 0) is 12.1 Å². The molecule has 11 heteroatoms. The molecule has 0 aliphatic heterocycles. The number of alkyl halides is 3. The summed E-state index contributed by atoms with van der Waals surface area (Å²) in [5.74, 6) is -1.71. The van der Waals surface area contributed by atoms with Gasteiger partial charge in [0.1, 0.15) is 0 Å². The minimum atomic E-state index is -4.63. The molecule has 0 fully saturated rings. The molecule has 0 spiro atoms. The van der Waals surface area contributed by atoms with E-state index in [0.29, 0.717) is 12.1 Å². The number of hydrazone groups is 1. The van der Waals surface area contributed by atoms with Crippen molar-refractivity contribution in [1.29, 1.82) is 0 Å². The summed E-state index contributed by atoms with van der Waals surface area (Å²) in [7, 11) is 2.17. The largest absolute Gasteiger partial charge is 0.469 e. The third-order valence-electron chi connectivity index (χ3n) is 2.63. The Labute approximate surface area is 144 Å². The highest BCUT2D eigenvalue weighted by atomic mass is 35.5. The number of nitrogens with one attached hydrogen (secondary N) is 1. The molecule has 0 aromatic heterocycles. The molecule has 0 aliphatic rings. The first kappa shape index (κ1) is 20.0. The van der Waals surface area contributed by atoms with Crippen LogP contribution in [0.1, 0.15) is 12.0 Å². The second-order valence-electron chi connectivity index (χ2n) is 4.23. The fourth-order valence-electron chi connectivity index (χ4n) is 1.45. The maximum Gasteiger partial charge on any atom is 0.416 e. The lowest BCUT2D eigenvalue weighted by Crippen LogP contribution is -2.21. The van der Waals surface area contributed by atoms with Crippen molar-refractivity contribution in [2.24, 2.45) is 5.10 Å². The van der Waals surface area contributed by atoms with Crippen molar-refractivity contribution >= 4 is 46.5 Å². The molecule has 0 atom stereocenters. The van der Waals surface area contributed by atoms with Gasteiger partial charge in [-0.1, -0.05) is 23.2 Å². The molecular formula is C13H11Cl2F3N2O4. The van der Waals surface area contributed by atoms with Gasteiger partial charge in [-0.15, -0.1) is 0 Å². The number of halogens is 5. The molecule has 0 aliphatic carbocycles. The zero-order chi connectivity index (χ0) is 18.5. The van der Waals surface area contributed by atoms with E-state index in [1.165, 1.54) is 0 Å². The molecule has 0 saturated carbocycles. The van der Waals surface area contributed by atoms with Gasteiger partial charge in [0.15, 0.2) is 5.71 Å². The van der Waals surface area contributed by atoms with E-state index in [9.17, 15) is 22.8 Å². The summed E-state index contributed by atoms with van der Waals surface area (Å²) in [4.78, 5) is 22.8. The van der Waals surface area contributed by atoms with Crippen molar-refractivity contribution in [1.82, 2.24) is 0 Å². The molecule has 0 saturated heterocycles. The number of hydrogen-bond donors (Lipinski definition) is 1. The Morgan fingerprint density at radius 3 is 2.12 bits per heavy atom. The Hall–Kier alpha value is -2.00. The normalized spacial score (nSPS) is 11.9. The first-order chi connectivity index (χ1) is 11.1. The van der Waals surface area contributed by atoms with Crippen LogP contribution in [0.4, 0.5) is 18.9 Å². The van der Waals surface area contributed by atoms with Crippen molar-refractivity contribution in [3.8, 4) is 0 Å². The van der Waals surface area contributed by atoms with Crippen molar-refractivity contribution in [2.75, 3.05) is 19.6 Å². The highest BCUT2D eigenvalue weighted by Crippen LogP contribution is 2.38. The maximum absolute atomic E-state index is 12.6. The number of rotatable bonds is 5. The monoisotopic (exact) mass is 386 g/mol. The third-order valence-corrected chi connectivity index (χ3v) is 3.23. The predicted molar refractivity (Wildman–Crippen MR) is 81.2 cm³/mol. The Bertz CT molecular complexity index is 655. The molecule has 1 N–H and O–H groups in total. The molecular weight excluding hydrogens is 376 g/mol. The molecule has 0 radical (unpaired) electrons. The van der Waals surface area contributed by atoms with Crippen molar-refractivity contribution < 1.29 is 32.2 Å². The summed E-state index contributed by atoms with van der Waals surface area (Å²) in [6.07, 6.45) is -5.15. The summed E-state index contributed by atoms with van der Waals surface area (Å²) in [5, 5.41) is 2.86. The number of anilines is 1. The smallest absolute Gasteiger partial charge is 0.416 e. The Balaban J connectivity index is 3.13. The number of carbonyl (C=O) groups excluding carboxylic acids is 2. The zero-order valence-corrected chi connectivity index (χ0v) is 13.8. The Morgan fingerprint density at radius 2 is 1.71 bits per heavy atom. The van der Waals surface area contributed by atoms with Crippen LogP contribution in [-0.4, -0.2) is 31.9 Å². The predicted octanol–water partition coefficient (Wildman–Crippen LogP) is 3.52. The summed E-state index contributed by atoms with van der Waals surface area (Å²) in [6.45, 7) is 0. The van der Waals surface area contributed by atoms with Crippen LogP contribution in [0, 0.1) is 0 Å². The summed E-state index contributed by atoms with van der Waals surface area (Å²) in [6, 6.07) is 1.28. The number of carbonyl (C=O) groups is 2. The van der Waals surface area contributed by atoms with Crippen LogP contribution in [0.2, 0.25) is 10.0 Å². The van der Waals surface area contributed by atoms with Crippen LogP contribution in [0.5, 0.6) is 0 Å². The van der Waals surface area contributed by atoms with Crippen molar-refractivity contribution in [3.63, 3.8) is 0 Å². The summed E-state index contributed by atoms with van der Waals surface area (Å²) in [5.41, 5.74) is 0.659. The lowest BCUT2D eigenvalue weighted by atomic mass is 10.2. The molecule has 0 heterocycles. The van der Waals surface area contributed by atoms with Crippen LogP contribution in [-0.2, 0) is 25.2 Å². The van der Waals surface area contributed by atoms with E-state index in [4.69, 9.17) is 23.2 Å². The second kappa shape index (κ2) is 8.20. The van der Waals surface area contributed by atoms with Gasteiger partial charge in [0, 0.05) is 0 Å². The summed E-state index contributed by atoms with van der Waals surface area (Å²) >= 11 is 11.5. The maximum atomic E-state index is 12.6. The quantitative estimate of drug-likeness (QED) is 0.475. The number of hydrogen-bond acceptors (Lipinski definition) is 6. The standard InChI is InChI=1S/C13H11Cl2F3N2O4/c1-23-10(21)5-9(12(22)24-2)19-20-11-7(14)3-6(4-8(11)15)13(16,17)18/h3-4,20H,5H2,1-2H3/b19-9+. The highest BCUT2D eigenvalue weighted by molar-refractivity contribution is 6.40. The third kappa shape index (κ3) is 5.27. The van der Waals surface area contributed by atoms with Gasteiger partial charge in [-0.25, -0.2) is 4.79 Å². The molecule has 1 aromatic carbocycles. The topological polar surface area (TPSA) is 77.0 Å². The van der Waals surface area contributed by atoms with E-state index in [1.807, 2.05) is 0 Å². The van der Waals surface area contributed by atoms with Gasteiger partial charge in [0.25, 0.3) is 0 Å². The van der Waals surface area contributed by atoms with Gasteiger partial charge < -0.3 is 9.47 Å². The molecule has 0 unspecified atom stereocenters. The molecule has 1 aromatic rings. The Kier molecular flexibility index (Phi) is 6.85. The van der Waals surface area contributed by atoms with Gasteiger partial charge in [-0.2, -0.15) is 18.3 Å². The van der Waals surface area contributed by atoms with Crippen molar-refractivity contribution in [3.05, 3.63) is 27.7 Å². The van der Waals surface area contributed by atoms with E-state index >= 15 is 0 Å². The van der Waals surface area contributed by atoms with Crippen LogP contribution in [0.3, 0.4) is 0 Å². The average molecular weight is 387 g/mol. The van der Waals surface area contributed by atoms with E-state index < -0.39 is 30.1 Å². The van der Waals surface area contributed by atoms with Crippen LogP contribution in [0.15, 0.2) is 17.2 Å². The zero-order valence-electron chi connectivity index (χ0n) is 12.3. The number of ether oxygens (including phenoxy) is 2. The first-order valence-electron chi connectivity index (χ1n) is 6.14. The average Bonchev–Trinajstić information content (AvgIpc) is 2.50. The van der Waals surface area contributed by atoms with Crippen molar-refractivity contribution in [2.45, 2.75) is 12.6 Å². The fraction of sp³-hybridized carbons (Fsp3) is 0.308. The SMILES string of the molecule is COC(=O)C/C(=N\Nc1c(Cl)cc(C(F)(F)F)cc1Cl)C(=O)OC. The van der Waals surface area contributed by atoms with E-state index in [-0.39, 0.29) is 21.4 Å². The molecule has 0 amide bonds. The van der Waals surface area contributed by atoms with Crippen LogP contribution >= 0.6 is 23.2 Å². The van der Waals surface area contributed by atoms with E-state index in [0.717, 1.165) is 14.2 Å². The molecule has 24 heavy (non-hydrogen) atoms. The highest BCUT2D eigenvalue weighted by Gasteiger charge is 2.32. The number of benzene rings is 1.